The van der Waals surface area contributed by atoms with Crippen molar-refractivity contribution >= 4 is 29.4 Å². The quantitative estimate of drug-likeness (QED) is 0.616. The molecule has 0 radical (unpaired) electrons. The Labute approximate surface area is 135 Å². The molecule has 2 rings (SSSR count). The average Bonchev–Trinajstić information content (AvgIpc) is 2.72. The third kappa shape index (κ3) is 3.65. The first-order valence-corrected chi connectivity index (χ1v) is 6.85. The summed E-state index contributed by atoms with van der Waals surface area (Å²) < 4.78 is 28.2. The minimum Gasteiger partial charge on any atom is -0.435 e. The minimum absolute atomic E-state index is 0.0210. The maximum absolute atomic E-state index is 12.0. The van der Waals surface area contributed by atoms with Gasteiger partial charge in [-0.2, -0.15) is 8.78 Å². The molecule has 1 aliphatic heterocycles. The van der Waals surface area contributed by atoms with Crippen molar-refractivity contribution in [2.75, 3.05) is 18.4 Å². The van der Waals surface area contributed by atoms with Gasteiger partial charge in [-0.25, -0.2) is 9.69 Å². The van der Waals surface area contributed by atoms with E-state index < -0.39 is 36.9 Å². The number of alkyl halides is 2. The average molecular weight is 341 g/mol. The van der Waals surface area contributed by atoms with Crippen molar-refractivity contribution in [1.82, 2.24) is 9.80 Å². The van der Waals surface area contributed by atoms with Gasteiger partial charge >= 0.3 is 24.5 Å². The molecule has 1 aromatic rings. The highest BCUT2D eigenvalue weighted by atomic mass is 19.3. The number of ether oxygens (including phenoxy) is 1. The van der Waals surface area contributed by atoms with Crippen molar-refractivity contribution in [1.29, 1.82) is 0 Å². The normalized spacial score (nSPS) is 14.6. The Morgan fingerprint density at radius 1 is 1.12 bits per heavy atom. The first-order valence-electron chi connectivity index (χ1n) is 6.85. The number of nitrogens with one attached hydrogen (secondary N) is 1. The fourth-order valence-electron chi connectivity index (χ4n) is 2.03. The van der Waals surface area contributed by atoms with Gasteiger partial charge in [-0.05, 0) is 31.2 Å². The Kier molecular flexibility index (Phi) is 5.07. The fourth-order valence-corrected chi connectivity index (χ4v) is 2.03. The minimum atomic E-state index is -2.96. The summed E-state index contributed by atoms with van der Waals surface area (Å²) in [4.78, 5) is 48.2. The van der Waals surface area contributed by atoms with Crippen LogP contribution >= 0.6 is 0 Å². The Morgan fingerprint density at radius 2 is 1.71 bits per heavy atom. The first kappa shape index (κ1) is 17.3. The van der Waals surface area contributed by atoms with E-state index in [9.17, 15) is 28.0 Å². The van der Waals surface area contributed by atoms with Crippen LogP contribution in [0.1, 0.15) is 6.92 Å². The summed E-state index contributed by atoms with van der Waals surface area (Å²) >= 11 is 0. The highest BCUT2D eigenvalue weighted by Crippen LogP contribution is 2.18. The van der Waals surface area contributed by atoms with Gasteiger partial charge in [-0.15, -0.1) is 0 Å². The van der Waals surface area contributed by atoms with Crippen molar-refractivity contribution in [3.63, 3.8) is 0 Å². The van der Waals surface area contributed by atoms with E-state index in [2.05, 4.69) is 10.1 Å². The van der Waals surface area contributed by atoms with Gasteiger partial charge in [-0.1, -0.05) is 0 Å². The first-order chi connectivity index (χ1) is 11.3. The Bertz CT molecular complexity index is 677. The Balaban J connectivity index is 1.97. The summed E-state index contributed by atoms with van der Waals surface area (Å²) in [7, 11) is 0. The second-order valence-corrected chi connectivity index (χ2v) is 4.67. The van der Waals surface area contributed by atoms with E-state index >= 15 is 0 Å². The number of likely N-dealkylation sites (N-methyl/N-ethyl adjacent to an activating group) is 1. The molecule has 0 bridgehead atoms. The molecule has 1 fully saturated rings. The van der Waals surface area contributed by atoms with Gasteiger partial charge in [-0.3, -0.25) is 19.3 Å². The van der Waals surface area contributed by atoms with Crippen molar-refractivity contribution in [3.8, 4) is 5.75 Å². The van der Waals surface area contributed by atoms with Crippen LogP contribution in [0.2, 0.25) is 0 Å². The Hall–Kier alpha value is -3.04. The highest BCUT2D eigenvalue weighted by molar-refractivity contribution is 6.45. The second kappa shape index (κ2) is 7.02. The number of benzene rings is 1. The maximum atomic E-state index is 12.0. The summed E-state index contributed by atoms with van der Waals surface area (Å²) in [6.07, 6.45) is 0. The molecule has 1 heterocycles. The molecular weight excluding hydrogens is 328 g/mol. The SMILES string of the molecule is CCN1C(=O)C(=O)N(CC(=O)Nc2ccc(OC(F)F)cc2)C1=O. The number of amides is 5. The van der Waals surface area contributed by atoms with Gasteiger partial charge in [0.25, 0.3) is 0 Å². The second-order valence-electron chi connectivity index (χ2n) is 4.67. The lowest BCUT2D eigenvalue weighted by Crippen LogP contribution is -2.38. The standard InChI is InChI=1S/C14H13F2N3O5/c1-2-18-11(21)12(22)19(14(18)23)7-10(20)17-8-3-5-9(6-4-8)24-13(15)16/h3-6,13H,2,7H2,1H3,(H,17,20). The molecule has 0 aliphatic carbocycles. The number of imide groups is 2. The number of hydrogen-bond acceptors (Lipinski definition) is 5. The number of rotatable bonds is 6. The number of urea groups is 1. The number of anilines is 1. The lowest BCUT2D eigenvalue weighted by Gasteiger charge is -2.14. The molecule has 0 spiro atoms. The van der Waals surface area contributed by atoms with Gasteiger partial charge < -0.3 is 10.1 Å². The summed E-state index contributed by atoms with van der Waals surface area (Å²) in [6.45, 7) is -2.05. The molecule has 10 heteroatoms. The fraction of sp³-hybridized carbons (Fsp3) is 0.286. The Morgan fingerprint density at radius 3 is 2.21 bits per heavy atom. The maximum Gasteiger partial charge on any atom is 0.387 e. The predicted octanol–water partition coefficient (Wildman–Crippen LogP) is 1.04. The zero-order chi connectivity index (χ0) is 17.9. The molecule has 1 N–H and O–H groups in total. The number of carbonyl (C=O) groups is 4. The number of nitrogens with zero attached hydrogens (tertiary/aromatic N) is 2. The van der Waals surface area contributed by atoms with Crippen LogP contribution in [0.4, 0.5) is 19.3 Å². The summed E-state index contributed by atoms with van der Waals surface area (Å²) in [6, 6.07) is 4.20. The molecule has 0 unspecified atom stereocenters. The van der Waals surface area contributed by atoms with E-state index in [4.69, 9.17) is 0 Å². The molecule has 8 nitrogen and oxygen atoms in total. The van der Waals surface area contributed by atoms with Crippen LogP contribution in [0.25, 0.3) is 0 Å². The lowest BCUT2D eigenvalue weighted by molar-refractivity contribution is -0.143. The largest absolute Gasteiger partial charge is 0.435 e. The van der Waals surface area contributed by atoms with E-state index in [0.717, 1.165) is 4.90 Å². The molecule has 24 heavy (non-hydrogen) atoms. The van der Waals surface area contributed by atoms with Crippen LogP contribution in [-0.2, 0) is 14.4 Å². The van der Waals surface area contributed by atoms with Gasteiger partial charge in [0.05, 0.1) is 0 Å². The molecule has 0 atom stereocenters. The lowest BCUT2D eigenvalue weighted by atomic mass is 10.3. The number of carbonyl (C=O) groups excluding carboxylic acids is 4. The molecular formula is C14H13F2N3O5. The van der Waals surface area contributed by atoms with E-state index in [-0.39, 0.29) is 18.0 Å². The molecule has 1 saturated heterocycles. The summed E-state index contributed by atoms with van der Waals surface area (Å²) in [5.41, 5.74) is 0.249. The van der Waals surface area contributed by atoms with Crippen molar-refractivity contribution in [2.24, 2.45) is 0 Å². The van der Waals surface area contributed by atoms with Crippen LogP contribution in [0, 0.1) is 0 Å². The van der Waals surface area contributed by atoms with Crippen LogP contribution in [0.5, 0.6) is 5.75 Å². The van der Waals surface area contributed by atoms with Gasteiger partial charge in [0.2, 0.25) is 5.91 Å². The van der Waals surface area contributed by atoms with Crippen molar-refractivity contribution in [2.45, 2.75) is 13.5 Å². The molecule has 5 amide bonds. The van der Waals surface area contributed by atoms with Crippen LogP contribution in [-0.4, -0.2) is 53.3 Å². The van der Waals surface area contributed by atoms with E-state index in [0.29, 0.717) is 4.90 Å². The highest BCUT2D eigenvalue weighted by Gasteiger charge is 2.44. The molecule has 0 aromatic heterocycles. The molecule has 128 valence electrons. The van der Waals surface area contributed by atoms with E-state index in [1.165, 1.54) is 31.2 Å². The summed E-state index contributed by atoms with van der Waals surface area (Å²) in [5, 5.41) is 2.38. The molecule has 1 aliphatic rings. The van der Waals surface area contributed by atoms with E-state index in [1.807, 2.05) is 0 Å². The zero-order valence-electron chi connectivity index (χ0n) is 12.5. The van der Waals surface area contributed by atoms with E-state index in [1.54, 1.807) is 0 Å². The molecule has 1 aromatic carbocycles. The van der Waals surface area contributed by atoms with Crippen molar-refractivity contribution < 1.29 is 32.7 Å². The van der Waals surface area contributed by atoms with Gasteiger partial charge in [0.15, 0.2) is 0 Å². The number of halogens is 2. The van der Waals surface area contributed by atoms with Crippen molar-refractivity contribution in [3.05, 3.63) is 24.3 Å². The third-order valence-corrected chi connectivity index (χ3v) is 3.12. The third-order valence-electron chi connectivity index (χ3n) is 3.12. The smallest absolute Gasteiger partial charge is 0.387 e. The molecule has 0 saturated carbocycles. The number of hydrogen-bond donors (Lipinski definition) is 1. The van der Waals surface area contributed by atoms with Crippen LogP contribution in [0.15, 0.2) is 24.3 Å². The topological polar surface area (TPSA) is 96.0 Å². The summed E-state index contributed by atoms with van der Waals surface area (Å²) in [5.74, 6) is -2.86. The van der Waals surface area contributed by atoms with Gasteiger partial charge in [0, 0.05) is 12.2 Å². The predicted molar refractivity (Wildman–Crippen MR) is 76.2 cm³/mol. The van der Waals surface area contributed by atoms with Gasteiger partial charge in [0.1, 0.15) is 12.3 Å². The monoisotopic (exact) mass is 341 g/mol. The zero-order valence-corrected chi connectivity index (χ0v) is 12.5. The van der Waals surface area contributed by atoms with Crippen LogP contribution in [0.3, 0.4) is 0 Å². The van der Waals surface area contributed by atoms with Crippen LogP contribution < -0.4 is 10.1 Å².